The number of halogens is 1. The van der Waals surface area contributed by atoms with E-state index in [1.807, 2.05) is 12.1 Å². The van der Waals surface area contributed by atoms with Crippen LogP contribution in [-0.4, -0.2) is 47.0 Å². The third-order valence-electron chi connectivity index (χ3n) is 5.41. The zero-order valence-electron chi connectivity index (χ0n) is 13.0. The Labute approximate surface area is 134 Å². The number of carbonyl (C=O) groups is 2. The van der Waals surface area contributed by atoms with Gasteiger partial charge in [-0.15, -0.1) is 0 Å². The van der Waals surface area contributed by atoms with Gasteiger partial charge in [-0.1, -0.05) is 0 Å². The van der Waals surface area contributed by atoms with Crippen molar-refractivity contribution >= 4 is 17.5 Å². The van der Waals surface area contributed by atoms with Gasteiger partial charge in [-0.25, -0.2) is 4.39 Å². The first-order valence-corrected chi connectivity index (χ1v) is 8.24. The molecule has 3 heterocycles. The SMILES string of the molecule is O=C(N1CCCC2(CCN(c3cccnc3)C2=O)C1)C1(F)CC1. The quantitative estimate of drug-likeness (QED) is 0.837. The van der Waals surface area contributed by atoms with Crippen LogP contribution in [-0.2, 0) is 9.59 Å². The topological polar surface area (TPSA) is 53.5 Å². The lowest BCUT2D eigenvalue weighted by molar-refractivity contribution is -0.144. The molecule has 4 rings (SSSR count). The van der Waals surface area contributed by atoms with Crippen molar-refractivity contribution in [3.63, 3.8) is 0 Å². The maximum absolute atomic E-state index is 14.1. The highest BCUT2D eigenvalue weighted by molar-refractivity contribution is 6.00. The van der Waals surface area contributed by atoms with Crippen LogP contribution in [0.4, 0.5) is 10.1 Å². The van der Waals surface area contributed by atoms with Crippen LogP contribution in [0.25, 0.3) is 0 Å². The second-order valence-electron chi connectivity index (χ2n) is 6.99. The van der Waals surface area contributed by atoms with E-state index in [0.29, 0.717) is 38.9 Å². The van der Waals surface area contributed by atoms with Crippen molar-refractivity contribution in [1.29, 1.82) is 0 Å². The first kappa shape index (κ1) is 14.6. The van der Waals surface area contributed by atoms with E-state index in [-0.39, 0.29) is 5.91 Å². The summed E-state index contributed by atoms with van der Waals surface area (Å²) in [6.07, 6.45) is 6.25. The number of hydrogen-bond acceptors (Lipinski definition) is 3. The number of piperidine rings is 1. The van der Waals surface area contributed by atoms with Gasteiger partial charge in [0.2, 0.25) is 5.91 Å². The van der Waals surface area contributed by atoms with E-state index in [0.717, 1.165) is 18.5 Å². The van der Waals surface area contributed by atoms with Crippen LogP contribution < -0.4 is 4.90 Å². The second-order valence-corrected chi connectivity index (χ2v) is 6.99. The van der Waals surface area contributed by atoms with Crippen LogP contribution >= 0.6 is 0 Å². The Morgan fingerprint density at radius 3 is 2.74 bits per heavy atom. The lowest BCUT2D eigenvalue weighted by Gasteiger charge is -2.39. The fraction of sp³-hybridized carbons (Fsp3) is 0.588. The van der Waals surface area contributed by atoms with Gasteiger partial charge in [0.25, 0.3) is 5.91 Å². The molecule has 5 nitrogen and oxygen atoms in total. The van der Waals surface area contributed by atoms with Gasteiger partial charge in [-0.3, -0.25) is 14.6 Å². The Bertz CT molecular complexity index is 646. The number of amides is 2. The average Bonchev–Trinajstić information content (AvgIpc) is 3.27. The van der Waals surface area contributed by atoms with Crippen molar-refractivity contribution in [1.82, 2.24) is 9.88 Å². The molecule has 2 amide bonds. The number of aromatic nitrogens is 1. The number of rotatable bonds is 2. The summed E-state index contributed by atoms with van der Waals surface area (Å²) in [6, 6.07) is 3.68. The van der Waals surface area contributed by atoms with Crippen molar-refractivity contribution in [2.24, 2.45) is 5.41 Å². The van der Waals surface area contributed by atoms with Gasteiger partial charge in [-0.05, 0) is 44.2 Å². The van der Waals surface area contributed by atoms with E-state index in [4.69, 9.17) is 0 Å². The summed E-state index contributed by atoms with van der Waals surface area (Å²) in [5.41, 5.74) is -1.40. The van der Waals surface area contributed by atoms with E-state index in [2.05, 4.69) is 4.98 Å². The Hall–Kier alpha value is -1.98. The Kier molecular flexibility index (Phi) is 3.18. The zero-order valence-corrected chi connectivity index (χ0v) is 13.0. The van der Waals surface area contributed by atoms with E-state index < -0.39 is 17.0 Å². The number of carbonyl (C=O) groups excluding carboxylic acids is 2. The van der Waals surface area contributed by atoms with Gasteiger partial charge in [0.1, 0.15) is 0 Å². The van der Waals surface area contributed by atoms with E-state index in [1.54, 1.807) is 22.2 Å². The molecule has 0 N–H and O–H groups in total. The molecule has 1 aromatic rings. The largest absolute Gasteiger partial charge is 0.339 e. The summed E-state index contributed by atoms with van der Waals surface area (Å²) in [5, 5.41) is 0. The molecule has 0 bridgehead atoms. The highest BCUT2D eigenvalue weighted by atomic mass is 19.1. The molecule has 3 aliphatic rings. The molecule has 0 aromatic carbocycles. The lowest BCUT2D eigenvalue weighted by Crippen LogP contribution is -2.52. The summed E-state index contributed by atoms with van der Waals surface area (Å²) in [6.45, 7) is 1.55. The maximum Gasteiger partial charge on any atom is 0.260 e. The molecule has 1 saturated carbocycles. The highest BCUT2D eigenvalue weighted by Crippen LogP contribution is 2.45. The van der Waals surface area contributed by atoms with Gasteiger partial charge >= 0.3 is 0 Å². The van der Waals surface area contributed by atoms with Crippen molar-refractivity contribution in [2.45, 2.75) is 37.8 Å². The van der Waals surface area contributed by atoms with Gasteiger partial charge in [-0.2, -0.15) is 0 Å². The van der Waals surface area contributed by atoms with Crippen LogP contribution in [0.15, 0.2) is 24.5 Å². The smallest absolute Gasteiger partial charge is 0.260 e. The van der Waals surface area contributed by atoms with E-state index in [9.17, 15) is 14.0 Å². The standard InChI is InChI=1S/C17H20FN3O2/c18-17(5-6-17)15(23)20-9-2-4-16(12-20)7-10-21(14(16)22)13-3-1-8-19-11-13/h1,3,8,11H,2,4-7,9-10,12H2. The number of anilines is 1. The maximum atomic E-state index is 14.1. The van der Waals surface area contributed by atoms with Crippen molar-refractivity contribution in [3.05, 3.63) is 24.5 Å². The summed E-state index contributed by atoms with van der Waals surface area (Å²) in [5.74, 6) is -0.365. The molecule has 3 fully saturated rings. The summed E-state index contributed by atoms with van der Waals surface area (Å²) in [4.78, 5) is 32.7. The predicted molar refractivity (Wildman–Crippen MR) is 82.5 cm³/mol. The Morgan fingerprint density at radius 2 is 2.04 bits per heavy atom. The molecule has 1 unspecified atom stereocenters. The molecule has 0 radical (unpaired) electrons. The van der Waals surface area contributed by atoms with Crippen LogP contribution in [0.1, 0.15) is 32.1 Å². The van der Waals surface area contributed by atoms with Crippen LogP contribution in [0, 0.1) is 5.41 Å². The molecule has 1 atom stereocenters. The monoisotopic (exact) mass is 317 g/mol. The molecule has 122 valence electrons. The van der Waals surface area contributed by atoms with Gasteiger partial charge in [0, 0.05) is 25.8 Å². The Balaban J connectivity index is 1.54. The van der Waals surface area contributed by atoms with Crippen molar-refractivity contribution in [3.8, 4) is 0 Å². The normalized spacial score (nSPS) is 29.2. The fourth-order valence-electron chi connectivity index (χ4n) is 3.87. The minimum absolute atomic E-state index is 0.0479. The van der Waals surface area contributed by atoms with E-state index >= 15 is 0 Å². The molecule has 1 spiro atoms. The third-order valence-corrected chi connectivity index (χ3v) is 5.41. The molecule has 6 heteroatoms. The molecule has 1 aliphatic carbocycles. The van der Waals surface area contributed by atoms with Gasteiger partial charge in [0.05, 0.1) is 17.3 Å². The average molecular weight is 317 g/mol. The summed E-state index contributed by atoms with van der Waals surface area (Å²) in [7, 11) is 0. The minimum Gasteiger partial charge on any atom is -0.339 e. The van der Waals surface area contributed by atoms with Gasteiger partial charge < -0.3 is 9.80 Å². The summed E-state index contributed by atoms with van der Waals surface area (Å²) >= 11 is 0. The van der Waals surface area contributed by atoms with Gasteiger partial charge in [0.15, 0.2) is 5.67 Å². The van der Waals surface area contributed by atoms with E-state index in [1.165, 1.54) is 0 Å². The minimum atomic E-state index is -1.65. The number of likely N-dealkylation sites (tertiary alicyclic amines) is 1. The second kappa shape index (κ2) is 5.01. The van der Waals surface area contributed by atoms with Crippen molar-refractivity contribution < 1.29 is 14.0 Å². The predicted octanol–water partition coefficient (Wildman–Crippen LogP) is 1.93. The zero-order chi connectivity index (χ0) is 16.1. The molecular weight excluding hydrogens is 297 g/mol. The lowest BCUT2D eigenvalue weighted by atomic mass is 9.78. The molecule has 2 aliphatic heterocycles. The number of pyridine rings is 1. The molecule has 23 heavy (non-hydrogen) atoms. The fourth-order valence-corrected chi connectivity index (χ4v) is 3.87. The number of alkyl halides is 1. The number of nitrogens with zero attached hydrogens (tertiary/aromatic N) is 3. The molecule has 2 saturated heterocycles. The van der Waals surface area contributed by atoms with Crippen LogP contribution in [0.2, 0.25) is 0 Å². The number of hydrogen-bond donors (Lipinski definition) is 0. The van der Waals surface area contributed by atoms with Crippen molar-refractivity contribution in [2.75, 3.05) is 24.5 Å². The first-order chi connectivity index (χ1) is 11.0. The third kappa shape index (κ3) is 2.31. The summed E-state index contributed by atoms with van der Waals surface area (Å²) < 4.78 is 14.1. The molecule has 1 aromatic heterocycles. The van der Waals surface area contributed by atoms with Crippen LogP contribution in [0.5, 0.6) is 0 Å². The first-order valence-electron chi connectivity index (χ1n) is 8.24. The highest BCUT2D eigenvalue weighted by Gasteiger charge is 2.56. The Morgan fingerprint density at radius 1 is 1.22 bits per heavy atom. The molecular formula is C17H20FN3O2. The van der Waals surface area contributed by atoms with Crippen LogP contribution in [0.3, 0.4) is 0 Å².